The quantitative estimate of drug-likeness (QED) is 0.731. The number of nitrogens with one attached hydrogen (secondary N) is 1. The molecule has 0 atom stereocenters. The third kappa shape index (κ3) is 3.43. The van der Waals surface area contributed by atoms with E-state index in [1.54, 1.807) is 6.07 Å². The van der Waals surface area contributed by atoms with Gasteiger partial charge >= 0.3 is 0 Å². The van der Waals surface area contributed by atoms with Gasteiger partial charge in [-0.05, 0) is 55.2 Å². The minimum Gasteiger partial charge on any atom is -0.381 e. The number of imidazole rings is 1. The van der Waals surface area contributed by atoms with Gasteiger partial charge in [0.2, 0.25) is 0 Å². The van der Waals surface area contributed by atoms with Crippen molar-refractivity contribution in [3.63, 3.8) is 0 Å². The van der Waals surface area contributed by atoms with E-state index < -0.39 is 0 Å². The number of nitrogens with zero attached hydrogens (tertiary/aromatic N) is 2. The van der Waals surface area contributed by atoms with Crippen molar-refractivity contribution in [2.45, 2.75) is 39.3 Å². The molecule has 1 aliphatic rings. The Hall–Kier alpha value is -2.62. The molecule has 25 heavy (non-hydrogen) atoms. The van der Waals surface area contributed by atoms with Crippen LogP contribution in [0.3, 0.4) is 0 Å². The number of halogens is 1. The van der Waals surface area contributed by atoms with E-state index in [9.17, 15) is 4.39 Å². The van der Waals surface area contributed by atoms with Crippen LogP contribution in [0, 0.1) is 12.7 Å². The zero-order valence-electron chi connectivity index (χ0n) is 14.4. The second-order valence-corrected chi connectivity index (χ2v) is 6.69. The lowest BCUT2D eigenvalue weighted by Crippen LogP contribution is -2.08. The van der Waals surface area contributed by atoms with Crippen molar-refractivity contribution >= 4 is 5.69 Å². The molecule has 0 fully saturated rings. The molecular weight excluding hydrogens is 313 g/mol. The van der Waals surface area contributed by atoms with Crippen LogP contribution >= 0.6 is 0 Å². The Balaban J connectivity index is 1.45. The first-order chi connectivity index (χ1) is 12.2. The summed E-state index contributed by atoms with van der Waals surface area (Å²) in [6.07, 6.45) is 5.73. The zero-order chi connectivity index (χ0) is 17.2. The van der Waals surface area contributed by atoms with Crippen molar-refractivity contribution in [1.82, 2.24) is 9.55 Å². The maximum atomic E-state index is 13.2. The Kier molecular flexibility index (Phi) is 4.26. The molecule has 0 aliphatic carbocycles. The molecule has 1 aromatic heterocycles. The van der Waals surface area contributed by atoms with Crippen molar-refractivity contribution < 1.29 is 4.39 Å². The summed E-state index contributed by atoms with van der Waals surface area (Å²) in [6, 6.07) is 13.3. The van der Waals surface area contributed by atoms with Crippen LogP contribution in [0.25, 0.3) is 11.3 Å². The number of aryl methyl sites for hydroxylation is 3. The lowest BCUT2D eigenvalue weighted by atomic mass is 10.1. The van der Waals surface area contributed by atoms with Gasteiger partial charge in [0.05, 0.1) is 5.69 Å². The molecule has 4 heteroatoms. The number of anilines is 1. The molecule has 2 aromatic carbocycles. The Morgan fingerprint density at radius 1 is 1.12 bits per heavy atom. The lowest BCUT2D eigenvalue weighted by molar-refractivity contribution is 0.522. The van der Waals surface area contributed by atoms with E-state index in [4.69, 9.17) is 4.98 Å². The fourth-order valence-electron chi connectivity index (χ4n) is 3.37. The van der Waals surface area contributed by atoms with Gasteiger partial charge in [0.1, 0.15) is 11.6 Å². The molecule has 0 radical (unpaired) electrons. The maximum absolute atomic E-state index is 13.2. The molecule has 1 aliphatic heterocycles. The summed E-state index contributed by atoms with van der Waals surface area (Å²) in [5.41, 5.74) is 5.32. The SMILES string of the molecule is Cc1cc(F)ccc1CNc1ccc(-c2cn3c(n2)CCCC3)cc1. The second kappa shape index (κ2) is 6.71. The van der Waals surface area contributed by atoms with Crippen LogP contribution in [-0.2, 0) is 19.5 Å². The van der Waals surface area contributed by atoms with Crippen LogP contribution < -0.4 is 5.32 Å². The monoisotopic (exact) mass is 335 g/mol. The average Bonchev–Trinajstić information content (AvgIpc) is 3.05. The van der Waals surface area contributed by atoms with Crippen LogP contribution in [0.5, 0.6) is 0 Å². The molecule has 0 saturated heterocycles. The number of rotatable bonds is 4. The van der Waals surface area contributed by atoms with E-state index in [1.165, 1.54) is 24.7 Å². The topological polar surface area (TPSA) is 29.9 Å². The van der Waals surface area contributed by atoms with E-state index in [0.29, 0.717) is 6.54 Å². The van der Waals surface area contributed by atoms with Crippen LogP contribution in [0.4, 0.5) is 10.1 Å². The van der Waals surface area contributed by atoms with E-state index >= 15 is 0 Å². The molecule has 0 spiro atoms. The van der Waals surface area contributed by atoms with E-state index in [0.717, 1.165) is 41.0 Å². The van der Waals surface area contributed by atoms with Crippen molar-refractivity contribution in [2.24, 2.45) is 0 Å². The number of hydrogen-bond acceptors (Lipinski definition) is 2. The Morgan fingerprint density at radius 3 is 2.72 bits per heavy atom. The third-order valence-corrected chi connectivity index (χ3v) is 4.88. The number of benzene rings is 2. The van der Waals surface area contributed by atoms with Gasteiger partial charge in [0.15, 0.2) is 0 Å². The smallest absolute Gasteiger partial charge is 0.123 e. The first-order valence-electron chi connectivity index (χ1n) is 8.84. The van der Waals surface area contributed by atoms with E-state index in [2.05, 4.69) is 40.3 Å². The van der Waals surface area contributed by atoms with Gasteiger partial charge in [-0.3, -0.25) is 0 Å². The fraction of sp³-hybridized carbons (Fsp3) is 0.286. The molecule has 0 bridgehead atoms. The molecule has 0 saturated carbocycles. The van der Waals surface area contributed by atoms with Gasteiger partial charge in [0, 0.05) is 37.0 Å². The summed E-state index contributed by atoms with van der Waals surface area (Å²) in [4.78, 5) is 4.77. The predicted octanol–water partition coefficient (Wildman–Crippen LogP) is 4.95. The normalized spacial score (nSPS) is 13.5. The van der Waals surface area contributed by atoms with Crippen LogP contribution in [0.15, 0.2) is 48.7 Å². The summed E-state index contributed by atoms with van der Waals surface area (Å²) in [7, 11) is 0. The van der Waals surface area contributed by atoms with E-state index in [1.807, 2.05) is 13.0 Å². The minimum atomic E-state index is -0.187. The Bertz CT molecular complexity index is 857. The van der Waals surface area contributed by atoms with Crippen molar-refractivity contribution in [3.05, 3.63) is 71.4 Å². The first-order valence-corrected chi connectivity index (χ1v) is 8.84. The highest BCUT2D eigenvalue weighted by Gasteiger charge is 2.13. The maximum Gasteiger partial charge on any atom is 0.123 e. The van der Waals surface area contributed by atoms with Crippen LogP contribution in [0.2, 0.25) is 0 Å². The fourth-order valence-corrected chi connectivity index (χ4v) is 3.37. The molecule has 0 amide bonds. The Morgan fingerprint density at radius 2 is 1.96 bits per heavy atom. The van der Waals surface area contributed by atoms with Gasteiger partial charge in [-0.25, -0.2) is 9.37 Å². The molecule has 0 unspecified atom stereocenters. The zero-order valence-corrected chi connectivity index (χ0v) is 14.4. The number of aromatic nitrogens is 2. The Labute approximate surface area is 147 Å². The summed E-state index contributed by atoms with van der Waals surface area (Å²) in [6.45, 7) is 3.70. The average molecular weight is 335 g/mol. The molecule has 1 N–H and O–H groups in total. The van der Waals surface area contributed by atoms with Crippen molar-refractivity contribution in [3.8, 4) is 11.3 Å². The molecular formula is C21H22FN3. The summed E-state index contributed by atoms with van der Waals surface area (Å²) in [5.74, 6) is 1.02. The summed E-state index contributed by atoms with van der Waals surface area (Å²) >= 11 is 0. The molecule has 4 rings (SSSR count). The van der Waals surface area contributed by atoms with Gasteiger partial charge in [-0.2, -0.15) is 0 Å². The minimum absolute atomic E-state index is 0.187. The summed E-state index contributed by atoms with van der Waals surface area (Å²) in [5, 5.41) is 3.40. The van der Waals surface area contributed by atoms with Crippen LogP contribution in [-0.4, -0.2) is 9.55 Å². The standard InChI is InChI=1S/C21H22FN3/c1-15-12-18(22)8-5-17(15)13-23-19-9-6-16(7-10-19)20-14-25-11-3-2-4-21(25)24-20/h5-10,12,14,23H,2-4,11,13H2,1H3. The summed E-state index contributed by atoms with van der Waals surface area (Å²) < 4.78 is 15.5. The highest BCUT2D eigenvalue weighted by atomic mass is 19.1. The molecule has 2 heterocycles. The molecule has 3 aromatic rings. The van der Waals surface area contributed by atoms with Crippen molar-refractivity contribution in [2.75, 3.05) is 5.32 Å². The van der Waals surface area contributed by atoms with E-state index in [-0.39, 0.29) is 5.82 Å². The first kappa shape index (κ1) is 15.9. The number of fused-ring (bicyclic) bond motifs is 1. The third-order valence-electron chi connectivity index (χ3n) is 4.88. The van der Waals surface area contributed by atoms with Gasteiger partial charge in [-0.15, -0.1) is 0 Å². The largest absolute Gasteiger partial charge is 0.381 e. The molecule has 128 valence electrons. The van der Waals surface area contributed by atoms with Gasteiger partial charge in [-0.1, -0.05) is 18.2 Å². The second-order valence-electron chi connectivity index (χ2n) is 6.69. The van der Waals surface area contributed by atoms with Gasteiger partial charge in [0.25, 0.3) is 0 Å². The van der Waals surface area contributed by atoms with Gasteiger partial charge < -0.3 is 9.88 Å². The predicted molar refractivity (Wildman–Crippen MR) is 99.1 cm³/mol. The van der Waals surface area contributed by atoms with Crippen molar-refractivity contribution in [1.29, 1.82) is 0 Å². The number of hydrogen-bond donors (Lipinski definition) is 1. The highest BCUT2D eigenvalue weighted by molar-refractivity contribution is 5.62. The highest BCUT2D eigenvalue weighted by Crippen LogP contribution is 2.24. The molecule has 3 nitrogen and oxygen atoms in total. The van der Waals surface area contributed by atoms with Crippen LogP contribution in [0.1, 0.15) is 29.8 Å². The lowest BCUT2D eigenvalue weighted by Gasteiger charge is -2.11.